The van der Waals surface area contributed by atoms with Crippen LogP contribution >= 0.6 is 0 Å². The van der Waals surface area contributed by atoms with E-state index >= 15 is 0 Å². The Bertz CT molecular complexity index is 859. The topological polar surface area (TPSA) is 41.6 Å². The van der Waals surface area contributed by atoms with Crippen molar-refractivity contribution in [3.63, 3.8) is 0 Å². The number of aryl methyl sites for hydroxylation is 1. The first-order valence-electron chi connectivity index (χ1n) is 8.94. The molecule has 0 bridgehead atoms. The first-order chi connectivity index (χ1) is 13.1. The monoisotopic (exact) mass is 360 g/mol. The lowest BCUT2D eigenvalue weighted by Crippen LogP contribution is -2.20. The van der Waals surface area contributed by atoms with Gasteiger partial charge in [0.2, 0.25) is 0 Å². The van der Waals surface area contributed by atoms with E-state index < -0.39 is 0 Å². The number of hydrogen-bond acceptors (Lipinski definition) is 3. The molecular formula is C23H24N2O2. The average Bonchev–Trinajstić information content (AvgIpc) is 2.69. The second-order valence-electron chi connectivity index (χ2n) is 6.54. The number of nitrogens with zero attached hydrogens (tertiary/aromatic N) is 1. The van der Waals surface area contributed by atoms with Gasteiger partial charge in [-0.1, -0.05) is 48.0 Å². The number of carbonyl (C=O) groups is 1. The van der Waals surface area contributed by atoms with Crippen molar-refractivity contribution in [1.29, 1.82) is 0 Å². The van der Waals surface area contributed by atoms with E-state index in [1.165, 1.54) is 5.56 Å². The van der Waals surface area contributed by atoms with Gasteiger partial charge in [-0.2, -0.15) is 0 Å². The van der Waals surface area contributed by atoms with Crippen LogP contribution in [0.2, 0.25) is 0 Å². The number of ether oxygens (including phenoxy) is 1. The Morgan fingerprint density at radius 2 is 1.59 bits per heavy atom. The van der Waals surface area contributed by atoms with Gasteiger partial charge in [0.1, 0.15) is 5.75 Å². The quantitative estimate of drug-likeness (QED) is 0.667. The third-order valence-corrected chi connectivity index (χ3v) is 4.25. The summed E-state index contributed by atoms with van der Waals surface area (Å²) in [5, 5.41) is 2.86. The fourth-order valence-electron chi connectivity index (χ4n) is 2.73. The van der Waals surface area contributed by atoms with E-state index in [1.54, 1.807) is 0 Å². The maximum absolute atomic E-state index is 12.1. The van der Waals surface area contributed by atoms with Crippen LogP contribution < -0.4 is 15.0 Å². The highest BCUT2D eigenvalue weighted by molar-refractivity contribution is 5.92. The van der Waals surface area contributed by atoms with Crippen LogP contribution in [-0.4, -0.2) is 19.6 Å². The molecule has 0 saturated heterocycles. The number of amides is 1. The van der Waals surface area contributed by atoms with Gasteiger partial charge < -0.3 is 15.0 Å². The van der Waals surface area contributed by atoms with E-state index in [2.05, 4.69) is 29.4 Å². The lowest BCUT2D eigenvalue weighted by Gasteiger charge is -2.19. The predicted molar refractivity (Wildman–Crippen MR) is 110 cm³/mol. The van der Waals surface area contributed by atoms with Crippen molar-refractivity contribution >= 4 is 17.3 Å². The van der Waals surface area contributed by atoms with E-state index in [1.807, 2.05) is 73.7 Å². The molecule has 0 radical (unpaired) electrons. The van der Waals surface area contributed by atoms with Gasteiger partial charge in [-0.15, -0.1) is 0 Å². The van der Waals surface area contributed by atoms with E-state index in [-0.39, 0.29) is 12.5 Å². The van der Waals surface area contributed by atoms with Gasteiger partial charge in [0, 0.05) is 25.0 Å². The van der Waals surface area contributed by atoms with Crippen LogP contribution in [0.5, 0.6) is 5.75 Å². The third kappa shape index (κ3) is 5.61. The van der Waals surface area contributed by atoms with Gasteiger partial charge in [0.15, 0.2) is 6.61 Å². The second kappa shape index (κ2) is 8.90. The van der Waals surface area contributed by atoms with Crippen LogP contribution in [0, 0.1) is 6.92 Å². The van der Waals surface area contributed by atoms with E-state index in [0.717, 1.165) is 23.5 Å². The van der Waals surface area contributed by atoms with E-state index in [0.29, 0.717) is 5.75 Å². The molecule has 0 aliphatic heterocycles. The highest BCUT2D eigenvalue weighted by atomic mass is 16.5. The smallest absolute Gasteiger partial charge is 0.262 e. The van der Waals surface area contributed by atoms with Crippen molar-refractivity contribution in [1.82, 2.24) is 0 Å². The first kappa shape index (κ1) is 18.5. The van der Waals surface area contributed by atoms with Gasteiger partial charge in [-0.3, -0.25) is 4.79 Å². The number of carbonyl (C=O) groups excluding carboxylic acids is 1. The molecule has 0 atom stereocenters. The Morgan fingerprint density at radius 1 is 0.926 bits per heavy atom. The van der Waals surface area contributed by atoms with Gasteiger partial charge in [0.25, 0.3) is 5.91 Å². The van der Waals surface area contributed by atoms with Crippen LogP contribution in [0.25, 0.3) is 0 Å². The summed E-state index contributed by atoms with van der Waals surface area (Å²) in [6, 6.07) is 25.8. The maximum Gasteiger partial charge on any atom is 0.262 e. The van der Waals surface area contributed by atoms with Crippen LogP contribution in [0.15, 0.2) is 78.9 Å². The number of nitrogens with one attached hydrogen (secondary N) is 1. The molecular weight excluding hydrogens is 336 g/mol. The summed E-state index contributed by atoms with van der Waals surface area (Å²) in [7, 11) is 2.05. The molecule has 3 rings (SSSR count). The van der Waals surface area contributed by atoms with Gasteiger partial charge in [-0.05, 0) is 48.9 Å². The van der Waals surface area contributed by atoms with Crippen LogP contribution in [0.4, 0.5) is 11.4 Å². The van der Waals surface area contributed by atoms with E-state index in [4.69, 9.17) is 4.74 Å². The van der Waals surface area contributed by atoms with Crippen LogP contribution in [-0.2, 0) is 11.3 Å². The third-order valence-electron chi connectivity index (χ3n) is 4.25. The lowest BCUT2D eigenvalue weighted by atomic mass is 10.2. The van der Waals surface area contributed by atoms with E-state index in [9.17, 15) is 4.79 Å². The highest BCUT2D eigenvalue weighted by Crippen LogP contribution is 2.19. The standard InChI is InChI=1S/C23H24N2O2/c1-18-8-14-22(15-9-18)27-17-23(26)24-20-10-12-21(13-11-20)25(2)16-19-6-4-3-5-7-19/h3-15H,16-17H2,1-2H3,(H,24,26). The maximum atomic E-state index is 12.1. The molecule has 0 aromatic heterocycles. The minimum absolute atomic E-state index is 0.0152. The van der Waals surface area contributed by atoms with Gasteiger partial charge >= 0.3 is 0 Å². The van der Waals surface area contributed by atoms with Crippen molar-refractivity contribution in [3.05, 3.63) is 90.0 Å². The zero-order valence-electron chi connectivity index (χ0n) is 15.7. The Hall–Kier alpha value is -3.27. The summed E-state index contributed by atoms with van der Waals surface area (Å²) in [6.07, 6.45) is 0. The van der Waals surface area contributed by atoms with Gasteiger partial charge in [0.05, 0.1) is 0 Å². The molecule has 0 aliphatic rings. The molecule has 3 aromatic carbocycles. The molecule has 4 nitrogen and oxygen atoms in total. The van der Waals surface area contributed by atoms with Crippen LogP contribution in [0.1, 0.15) is 11.1 Å². The Labute approximate surface area is 160 Å². The average molecular weight is 360 g/mol. The summed E-state index contributed by atoms with van der Waals surface area (Å²) >= 11 is 0. The van der Waals surface area contributed by atoms with Crippen molar-refractivity contribution in [2.24, 2.45) is 0 Å². The van der Waals surface area contributed by atoms with Crippen molar-refractivity contribution in [2.75, 3.05) is 23.9 Å². The van der Waals surface area contributed by atoms with Crippen molar-refractivity contribution in [2.45, 2.75) is 13.5 Å². The second-order valence-corrected chi connectivity index (χ2v) is 6.54. The lowest BCUT2D eigenvalue weighted by molar-refractivity contribution is -0.118. The Balaban J connectivity index is 1.50. The summed E-state index contributed by atoms with van der Waals surface area (Å²) in [6.45, 7) is 2.83. The summed E-state index contributed by atoms with van der Waals surface area (Å²) in [5.74, 6) is 0.509. The molecule has 27 heavy (non-hydrogen) atoms. The van der Waals surface area contributed by atoms with Gasteiger partial charge in [-0.25, -0.2) is 0 Å². The van der Waals surface area contributed by atoms with Crippen LogP contribution in [0.3, 0.4) is 0 Å². The molecule has 0 aliphatic carbocycles. The number of anilines is 2. The SMILES string of the molecule is Cc1ccc(OCC(=O)Nc2ccc(N(C)Cc3ccccc3)cc2)cc1. The Morgan fingerprint density at radius 3 is 2.26 bits per heavy atom. The zero-order chi connectivity index (χ0) is 19.1. The molecule has 1 amide bonds. The number of rotatable bonds is 7. The molecule has 0 saturated carbocycles. The molecule has 0 spiro atoms. The minimum atomic E-state index is -0.180. The Kier molecular flexibility index (Phi) is 6.10. The summed E-state index contributed by atoms with van der Waals surface area (Å²) < 4.78 is 5.50. The summed E-state index contributed by atoms with van der Waals surface area (Å²) in [4.78, 5) is 14.2. The fraction of sp³-hybridized carbons (Fsp3) is 0.174. The predicted octanol–water partition coefficient (Wildman–Crippen LogP) is 4.65. The van der Waals surface area contributed by atoms with Crippen molar-refractivity contribution < 1.29 is 9.53 Å². The summed E-state index contributed by atoms with van der Waals surface area (Å²) in [5.41, 5.74) is 4.26. The zero-order valence-corrected chi connectivity index (χ0v) is 15.7. The number of benzene rings is 3. The minimum Gasteiger partial charge on any atom is -0.484 e. The first-order valence-corrected chi connectivity index (χ1v) is 8.94. The fourth-order valence-corrected chi connectivity index (χ4v) is 2.73. The highest BCUT2D eigenvalue weighted by Gasteiger charge is 2.06. The largest absolute Gasteiger partial charge is 0.484 e. The molecule has 138 valence electrons. The molecule has 0 fully saturated rings. The van der Waals surface area contributed by atoms with Crippen molar-refractivity contribution in [3.8, 4) is 5.75 Å². The normalized spacial score (nSPS) is 10.3. The molecule has 4 heteroatoms. The molecule has 3 aromatic rings. The molecule has 1 N–H and O–H groups in total. The molecule has 0 unspecified atom stereocenters. The molecule has 0 heterocycles. The number of hydrogen-bond donors (Lipinski definition) is 1.